The third-order valence-electron chi connectivity index (χ3n) is 4.30. The Labute approximate surface area is 124 Å². The number of piperazine rings is 1. The number of carbonyl (C=O) groups is 2. The molecule has 2 unspecified atom stereocenters. The molecule has 2 fully saturated rings. The molecular formula is C15H20N4O2. The van der Waals surface area contributed by atoms with E-state index in [0.29, 0.717) is 13.1 Å². The van der Waals surface area contributed by atoms with Crippen LogP contribution in [-0.4, -0.2) is 50.2 Å². The van der Waals surface area contributed by atoms with E-state index in [2.05, 4.69) is 9.97 Å². The molecule has 2 aliphatic rings. The van der Waals surface area contributed by atoms with Crippen molar-refractivity contribution in [1.82, 2.24) is 19.8 Å². The van der Waals surface area contributed by atoms with Gasteiger partial charge in [-0.15, -0.1) is 0 Å². The summed E-state index contributed by atoms with van der Waals surface area (Å²) >= 11 is 0. The zero-order valence-electron chi connectivity index (χ0n) is 12.4. The van der Waals surface area contributed by atoms with E-state index in [1.54, 1.807) is 22.1 Å². The Balaban J connectivity index is 1.91. The van der Waals surface area contributed by atoms with Crippen molar-refractivity contribution in [2.45, 2.75) is 45.3 Å². The van der Waals surface area contributed by atoms with E-state index in [1.165, 1.54) is 6.33 Å². The molecule has 2 saturated heterocycles. The lowest BCUT2D eigenvalue weighted by Gasteiger charge is -2.43. The summed E-state index contributed by atoms with van der Waals surface area (Å²) in [6.07, 6.45) is 4.81. The van der Waals surface area contributed by atoms with Gasteiger partial charge in [0.1, 0.15) is 18.4 Å². The molecule has 0 aliphatic carbocycles. The first kappa shape index (κ1) is 14.0. The Morgan fingerprint density at radius 3 is 2.81 bits per heavy atom. The van der Waals surface area contributed by atoms with Gasteiger partial charge >= 0.3 is 0 Å². The number of hydrogen-bond acceptors (Lipinski definition) is 4. The van der Waals surface area contributed by atoms with E-state index in [0.717, 1.165) is 18.5 Å². The number of fused-ring (bicyclic) bond motifs is 1. The van der Waals surface area contributed by atoms with Crippen molar-refractivity contribution in [3.63, 3.8) is 0 Å². The molecule has 0 spiro atoms. The molecule has 0 radical (unpaired) electrons. The van der Waals surface area contributed by atoms with E-state index in [9.17, 15) is 9.59 Å². The van der Waals surface area contributed by atoms with Gasteiger partial charge in [-0.05, 0) is 24.8 Å². The van der Waals surface area contributed by atoms with Crippen molar-refractivity contribution in [3.05, 3.63) is 24.3 Å². The van der Waals surface area contributed by atoms with Crippen molar-refractivity contribution in [2.24, 2.45) is 5.92 Å². The first-order chi connectivity index (χ1) is 10.1. The number of nitrogens with zero attached hydrogens (tertiary/aromatic N) is 4. The van der Waals surface area contributed by atoms with Crippen molar-refractivity contribution in [1.29, 1.82) is 0 Å². The minimum absolute atomic E-state index is 0.0596. The normalized spacial score (nSPS) is 25.7. The number of hydrogen-bond donors (Lipinski definition) is 0. The van der Waals surface area contributed by atoms with Crippen LogP contribution in [0.3, 0.4) is 0 Å². The molecule has 0 aromatic carbocycles. The lowest BCUT2D eigenvalue weighted by atomic mass is 9.95. The summed E-state index contributed by atoms with van der Waals surface area (Å²) in [5.41, 5.74) is 0.767. The van der Waals surface area contributed by atoms with Gasteiger partial charge in [0.2, 0.25) is 11.8 Å². The fourth-order valence-electron chi connectivity index (χ4n) is 3.33. The van der Waals surface area contributed by atoms with Gasteiger partial charge in [-0.1, -0.05) is 13.8 Å². The van der Waals surface area contributed by atoms with Crippen LogP contribution in [-0.2, 0) is 16.1 Å². The monoisotopic (exact) mass is 288 g/mol. The molecule has 1 aromatic heterocycles. The standard InChI is InChI=1S/C15H20N4O2/c1-10(2)13-15(21)18-7-3-4-12(18)14(20)19(13)8-11-5-6-16-9-17-11/h5-6,9-10,12-13H,3-4,7-8H2,1-2H3. The van der Waals surface area contributed by atoms with E-state index in [1.807, 2.05) is 13.8 Å². The topological polar surface area (TPSA) is 66.4 Å². The van der Waals surface area contributed by atoms with Gasteiger partial charge in [0, 0.05) is 12.7 Å². The molecule has 0 saturated carbocycles. The zero-order valence-corrected chi connectivity index (χ0v) is 12.4. The summed E-state index contributed by atoms with van der Waals surface area (Å²) in [4.78, 5) is 37.0. The molecule has 3 rings (SSSR count). The quantitative estimate of drug-likeness (QED) is 0.826. The van der Waals surface area contributed by atoms with Crippen LogP contribution in [0.25, 0.3) is 0 Å². The summed E-state index contributed by atoms with van der Waals surface area (Å²) in [5.74, 6) is 0.232. The Morgan fingerprint density at radius 2 is 2.14 bits per heavy atom. The predicted octanol–water partition coefficient (Wildman–Crippen LogP) is 0.834. The van der Waals surface area contributed by atoms with E-state index < -0.39 is 0 Å². The van der Waals surface area contributed by atoms with Gasteiger partial charge in [0.05, 0.1) is 12.2 Å². The highest BCUT2D eigenvalue weighted by atomic mass is 16.2. The van der Waals surface area contributed by atoms with Crippen LogP contribution in [0.1, 0.15) is 32.4 Å². The average Bonchev–Trinajstić information content (AvgIpc) is 2.95. The molecule has 3 heterocycles. The molecule has 2 atom stereocenters. The van der Waals surface area contributed by atoms with Crippen LogP contribution in [0.5, 0.6) is 0 Å². The summed E-state index contributed by atoms with van der Waals surface area (Å²) in [5, 5.41) is 0. The number of aromatic nitrogens is 2. The maximum atomic E-state index is 12.8. The lowest BCUT2D eigenvalue weighted by Crippen LogP contribution is -2.63. The molecule has 6 heteroatoms. The van der Waals surface area contributed by atoms with Crippen molar-refractivity contribution < 1.29 is 9.59 Å². The highest BCUT2D eigenvalue weighted by Gasteiger charge is 2.48. The second-order valence-electron chi connectivity index (χ2n) is 6.05. The van der Waals surface area contributed by atoms with Crippen LogP contribution in [0.15, 0.2) is 18.6 Å². The third kappa shape index (κ3) is 2.39. The summed E-state index contributed by atoms with van der Waals surface area (Å²) in [7, 11) is 0. The lowest BCUT2D eigenvalue weighted by molar-refractivity contribution is -0.162. The minimum Gasteiger partial charge on any atom is -0.329 e. The molecule has 0 N–H and O–H groups in total. The fraction of sp³-hybridized carbons (Fsp3) is 0.600. The van der Waals surface area contributed by atoms with Crippen LogP contribution in [0.2, 0.25) is 0 Å². The average molecular weight is 288 g/mol. The van der Waals surface area contributed by atoms with E-state index in [4.69, 9.17) is 0 Å². The van der Waals surface area contributed by atoms with Gasteiger partial charge in [0.25, 0.3) is 0 Å². The van der Waals surface area contributed by atoms with Crippen molar-refractivity contribution in [2.75, 3.05) is 6.54 Å². The van der Waals surface area contributed by atoms with Crippen LogP contribution in [0, 0.1) is 5.92 Å². The predicted molar refractivity (Wildman–Crippen MR) is 75.9 cm³/mol. The van der Waals surface area contributed by atoms with E-state index in [-0.39, 0.29) is 29.8 Å². The van der Waals surface area contributed by atoms with Crippen LogP contribution < -0.4 is 0 Å². The third-order valence-corrected chi connectivity index (χ3v) is 4.30. The summed E-state index contributed by atoms with van der Waals surface area (Å²) < 4.78 is 0. The Morgan fingerprint density at radius 1 is 1.33 bits per heavy atom. The minimum atomic E-state index is -0.387. The molecular weight excluding hydrogens is 268 g/mol. The number of rotatable bonds is 3. The van der Waals surface area contributed by atoms with Gasteiger partial charge in [0.15, 0.2) is 0 Å². The number of carbonyl (C=O) groups excluding carboxylic acids is 2. The van der Waals surface area contributed by atoms with Gasteiger partial charge < -0.3 is 9.80 Å². The van der Waals surface area contributed by atoms with Crippen molar-refractivity contribution in [3.8, 4) is 0 Å². The Hall–Kier alpha value is -1.98. The van der Waals surface area contributed by atoms with Crippen molar-refractivity contribution >= 4 is 11.8 Å². The summed E-state index contributed by atoms with van der Waals surface area (Å²) in [6.45, 7) is 5.05. The highest BCUT2D eigenvalue weighted by Crippen LogP contribution is 2.30. The smallest absolute Gasteiger partial charge is 0.246 e. The van der Waals surface area contributed by atoms with Gasteiger partial charge in [-0.3, -0.25) is 9.59 Å². The molecule has 1 aromatic rings. The second-order valence-corrected chi connectivity index (χ2v) is 6.05. The van der Waals surface area contributed by atoms with Crippen LogP contribution in [0.4, 0.5) is 0 Å². The SMILES string of the molecule is CC(C)C1C(=O)N2CCCC2C(=O)N1Cc1ccncn1. The Kier molecular flexibility index (Phi) is 3.61. The molecule has 0 bridgehead atoms. The molecule has 2 aliphatic heterocycles. The fourth-order valence-corrected chi connectivity index (χ4v) is 3.33. The largest absolute Gasteiger partial charge is 0.329 e. The zero-order chi connectivity index (χ0) is 15.0. The van der Waals surface area contributed by atoms with Crippen LogP contribution >= 0.6 is 0 Å². The van der Waals surface area contributed by atoms with Gasteiger partial charge in [-0.2, -0.15) is 0 Å². The van der Waals surface area contributed by atoms with E-state index >= 15 is 0 Å². The number of amides is 2. The second kappa shape index (κ2) is 5.42. The first-order valence-corrected chi connectivity index (χ1v) is 7.45. The maximum absolute atomic E-state index is 12.8. The van der Waals surface area contributed by atoms with Gasteiger partial charge in [-0.25, -0.2) is 9.97 Å². The molecule has 21 heavy (non-hydrogen) atoms. The highest BCUT2D eigenvalue weighted by molar-refractivity contribution is 5.97. The molecule has 2 amide bonds. The first-order valence-electron chi connectivity index (χ1n) is 7.45. The maximum Gasteiger partial charge on any atom is 0.246 e. The Bertz CT molecular complexity index is 546. The molecule has 6 nitrogen and oxygen atoms in total. The summed E-state index contributed by atoms with van der Waals surface area (Å²) in [6, 6.07) is 1.13. The molecule has 112 valence electrons.